The van der Waals surface area contributed by atoms with Crippen molar-refractivity contribution >= 4 is 29.3 Å². The minimum Gasteiger partial charge on any atom is -0.394 e. The fourth-order valence-electron chi connectivity index (χ4n) is 3.15. The number of rotatable bonds is 8. The van der Waals surface area contributed by atoms with Gasteiger partial charge in [-0.15, -0.1) is 0 Å². The number of hydrogen-bond acceptors (Lipinski definition) is 7. The summed E-state index contributed by atoms with van der Waals surface area (Å²) in [4.78, 5) is 49.6. The molecule has 144 valence electrons. The number of nitrogens with one attached hydrogen (secondary N) is 2. The molecule has 4 amide bonds. The van der Waals surface area contributed by atoms with Gasteiger partial charge in [0.05, 0.1) is 24.3 Å². The first kappa shape index (κ1) is 19.0. The number of carbonyl (C=O) groups excluding carboxylic acids is 4. The van der Waals surface area contributed by atoms with Crippen LogP contribution in [0.3, 0.4) is 0 Å². The fraction of sp³-hybridized carbons (Fsp3) is 0.444. The van der Waals surface area contributed by atoms with Crippen LogP contribution in [0.1, 0.15) is 40.0 Å². The van der Waals surface area contributed by atoms with E-state index in [9.17, 15) is 19.2 Å². The van der Waals surface area contributed by atoms with Crippen molar-refractivity contribution in [3.8, 4) is 0 Å². The second-order valence-corrected chi connectivity index (χ2v) is 6.32. The van der Waals surface area contributed by atoms with Crippen molar-refractivity contribution in [3.05, 3.63) is 29.3 Å². The lowest BCUT2D eigenvalue weighted by atomic mass is 10.0. The highest BCUT2D eigenvalue weighted by Crippen LogP contribution is 2.29. The Hall–Kier alpha value is -2.78. The highest BCUT2D eigenvalue weighted by atomic mass is 16.5. The van der Waals surface area contributed by atoms with Gasteiger partial charge in [-0.05, 0) is 31.0 Å². The molecule has 0 aliphatic carbocycles. The Labute approximate surface area is 155 Å². The molecule has 2 aliphatic heterocycles. The van der Waals surface area contributed by atoms with E-state index >= 15 is 0 Å². The second kappa shape index (κ2) is 8.28. The Morgan fingerprint density at radius 2 is 1.93 bits per heavy atom. The molecule has 2 aliphatic rings. The molecule has 1 aromatic carbocycles. The molecule has 0 bridgehead atoms. The van der Waals surface area contributed by atoms with Gasteiger partial charge in [-0.3, -0.25) is 29.4 Å². The third-order valence-corrected chi connectivity index (χ3v) is 4.47. The predicted molar refractivity (Wildman–Crippen MR) is 94.1 cm³/mol. The van der Waals surface area contributed by atoms with Crippen LogP contribution in [0.2, 0.25) is 0 Å². The molecule has 2 heterocycles. The highest BCUT2D eigenvalue weighted by molar-refractivity contribution is 6.23. The summed E-state index contributed by atoms with van der Waals surface area (Å²) in [5.74, 6) is -2.07. The maximum atomic E-state index is 12.7. The number of hydrogen-bond donors (Lipinski definition) is 3. The van der Waals surface area contributed by atoms with Crippen LogP contribution in [-0.4, -0.2) is 66.0 Å². The number of ether oxygens (including phenoxy) is 1. The first-order valence-electron chi connectivity index (χ1n) is 8.81. The van der Waals surface area contributed by atoms with Crippen molar-refractivity contribution in [3.63, 3.8) is 0 Å². The Morgan fingerprint density at radius 3 is 2.67 bits per heavy atom. The molecule has 27 heavy (non-hydrogen) atoms. The summed E-state index contributed by atoms with van der Waals surface area (Å²) in [6.45, 7) is 1.38. The van der Waals surface area contributed by atoms with Gasteiger partial charge in [-0.2, -0.15) is 0 Å². The van der Waals surface area contributed by atoms with Crippen molar-refractivity contribution in [1.82, 2.24) is 10.2 Å². The number of aliphatic hydroxyl groups excluding tert-OH is 1. The van der Waals surface area contributed by atoms with E-state index in [0.717, 1.165) is 4.90 Å². The number of carbonyl (C=O) groups is 4. The van der Waals surface area contributed by atoms with E-state index in [4.69, 9.17) is 9.84 Å². The number of imide groups is 2. The molecule has 9 nitrogen and oxygen atoms in total. The first-order valence-corrected chi connectivity index (χ1v) is 8.81. The van der Waals surface area contributed by atoms with Gasteiger partial charge >= 0.3 is 0 Å². The molecule has 0 radical (unpaired) electrons. The van der Waals surface area contributed by atoms with Crippen LogP contribution in [0.15, 0.2) is 18.2 Å². The molecule has 0 spiro atoms. The Morgan fingerprint density at radius 1 is 1.15 bits per heavy atom. The Bertz CT molecular complexity index is 778. The lowest BCUT2D eigenvalue weighted by molar-refractivity contribution is -0.136. The second-order valence-electron chi connectivity index (χ2n) is 6.32. The lowest BCUT2D eigenvalue weighted by Gasteiger charge is -2.27. The molecule has 1 fully saturated rings. The zero-order valence-electron chi connectivity index (χ0n) is 14.7. The van der Waals surface area contributed by atoms with Gasteiger partial charge in [-0.1, -0.05) is 0 Å². The van der Waals surface area contributed by atoms with E-state index in [-0.39, 0.29) is 30.6 Å². The predicted octanol–water partition coefficient (Wildman–Crippen LogP) is -0.101. The van der Waals surface area contributed by atoms with E-state index in [1.165, 1.54) is 0 Å². The van der Waals surface area contributed by atoms with E-state index in [0.29, 0.717) is 31.9 Å². The minimum atomic E-state index is -0.963. The van der Waals surface area contributed by atoms with Crippen LogP contribution in [0.25, 0.3) is 0 Å². The van der Waals surface area contributed by atoms with Crippen LogP contribution < -0.4 is 10.6 Å². The van der Waals surface area contributed by atoms with Crippen LogP contribution in [0.5, 0.6) is 0 Å². The zero-order chi connectivity index (χ0) is 19.4. The van der Waals surface area contributed by atoms with E-state index in [1.807, 2.05) is 0 Å². The van der Waals surface area contributed by atoms with E-state index in [1.54, 1.807) is 18.2 Å². The van der Waals surface area contributed by atoms with Gasteiger partial charge in [0.25, 0.3) is 11.8 Å². The van der Waals surface area contributed by atoms with Crippen molar-refractivity contribution in [2.75, 3.05) is 31.7 Å². The number of nitrogens with zero attached hydrogens (tertiary/aromatic N) is 1. The summed E-state index contributed by atoms with van der Waals surface area (Å²) in [6.07, 6.45) is 0.941. The molecule has 3 N–H and O–H groups in total. The highest BCUT2D eigenvalue weighted by Gasteiger charge is 2.44. The molecular formula is C18H21N3O6. The molecule has 1 atom stereocenters. The standard InChI is InChI=1S/C18H21N3O6/c22-7-9-27-8-1-6-19-11-2-3-12-13(10-11)18(26)21(17(12)25)14-4-5-15(23)20-16(14)24/h2-3,10,14,19,22H,1,4-9H2,(H,20,23,24). The smallest absolute Gasteiger partial charge is 0.262 e. The van der Waals surface area contributed by atoms with Gasteiger partial charge in [0.2, 0.25) is 11.8 Å². The number of anilines is 1. The zero-order valence-corrected chi connectivity index (χ0v) is 14.7. The third-order valence-electron chi connectivity index (χ3n) is 4.47. The Kier molecular flexibility index (Phi) is 5.82. The lowest BCUT2D eigenvalue weighted by Crippen LogP contribution is -2.54. The van der Waals surface area contributed by atoms with Crippen LogP contribution in [0, 0.1) is 0 Å². The Balaban J connectivity index is 1.66. The van der Waals surface area contributed by atoms with Gasteiger partial charge in [0, 0.05) is 25.3 Å². The van der Waals surface area contributed by atoms with Crippen molar-refractivity contribution in [2.45, 2.75) is 25.3 Å². The maximum Gasteiger partial charge on any atom is 0.262 e. The van der Waals surface area contributed by atoms with Gasteiger partial charge < -0.3 is 15.2 Å². The van der Waals surface area contributed by atoms with E-state index in [2.05, 4.69) is 10.6 Å². The summed E-state index contributed by atoms with van der Waals surface area (Å²) in [7, 11) is 0. The number of benzene rings is 1. The topological polar surface area (TPSA) is 125 Å². The normalized spacial score (nSPS) is 19.3. The van der Waals surface area contributed by atoms with Crippen LogP contribution in [0.4, 0.5) is 5.69 Å². The summed E-state index contributed by atoms with van der Waals surface area (Å²) in [5.41, 5.74) is 1.18. The SMILES string of the molecule is O=C1CCC(N2C(=O)c3ccc(NCCCOCCO)cc3C2=O)C(=O)N1. The van der Waals surface area contributed by atoms with Crippen molar-refractivity contribution in [2.24, 2.45) is 0 Å². The maximum absolute atomic E-state index is 12.7. The molecule has 1 unspecified atom stereocenters. The molecule has 3 rings (SSSR count). The largest absolute Gasteiger partial charge is 0.394 e. The number of aliphatic hydroxyl groups is 1. The molecular weight excluding hydrogens is 354 g/mol. The number of fused-ring (bicyclic) bond motifs is 1. The molecule has 1 aromatic rings. The quantitative estimate of drug-likeness (QED) is 0.428. The average molecular weight is 375 g/mol. The van der Waals surface area contributed by atoms with Crippen LogP contribution in [-0.2, 0) is 14.3 Å². The summed E-state index contributed by atoms with van der Waals surface area (Å²) < 4.78 is 5.17. The van der Waals surface area contributed by atoms with Gasteiger partial charge in [0.1, 0.15) is 6.04 Å². The summed E-state index contributed by atoms with van der Waals surface area (Å²) >= 11 is 0. The van der Waals surface area contributed by atoms with E-state index < -0.39 is 29.7 Å². The molecule has 9 heteroatoms. The number of amides is 4. The molecule has 1 saturated heterocycles. The van der Waals surface area contributed by atoms with Gasteiger partial charge in [-0.25, -0.2) is 0 Å². The summed E-state index contributed by atoms with van der Waals surface area (Å²) in [6, 6.07) is 3.89. The molecule has 0 aromatic heterocycles. The van der Waals surface area contributed by atoms with Crippen LogP contribution >= 0.6 is 0 Å². The monoisotopic (exact) mass is 375 g/mol. The first-order chi connectivity index (χ1) is 13.0. The fourth-order valence-corrected chi connectivity index (χ4v) is 3.15. The third kappa shape index (κ3) is 3.99. The number of piperidine rings is 1. The summed E-state index contributed by atoms with van der Waals surface area (Å²) in [5, 5.41) is 14.0. The minimum absolute atomic E-state index is 0.0158. The molecule has 0 saturated carbocycles. The van der Waals surface area contributed by atoms with Gasteiger partial charge in [0.15, 0.2) is 0 Å². The average Bonchev–Trinajstić information content (AvgIpc) is 2.89. The van der Waals surface area contributed by atoms with Crippen molar-refractivity contribution < 1.29 is 29.0 Å². The van der Waals surface area contributed by atoms with Crippen molar-refractivity contribution in [1.29, 1.82) is 0 Å².